The minimum Gasteiger partial charge on any atom is -0.487 e. The summed E-state index contributed by atoms with van der Waals surface area (Å²) in [6, 6.07) is 13.4. The van der Waals surface area contributed by atoms with Gasteiger partial charge >= 0.3 is 0 Å². The molecule has 0 aliphatic carbocycles. The first-order valence-electron chi connectivity index (χ1n) is 6.00. The van der Waals surface area contributed by atoms with Gasteiger partial charge in [-0.05, 0) is 29.8 Å². The molecule has 0 aromatic heterocycles. The third kappa shape index (κ3) is 3.55. The highest BCUT2D eigenvalue weighted by atomic mass is 35.5. The molecule has 0 saturated heterocycles. The van der Waals surface area contributed by atoms with E-state index in [1.165, 1.54) is 0 Å². The van der Waals surface area contributed by atoms with E-state index in [1.807, 2.05) is 26.2 Å². The van der Waals surface area contributed by atoms with Gasteiger partial charge in [-0.3, -0.25) is 0 Å². The average molecular weight is 277 g/mol. The van der Waals surface area contributed by atoms with E-state index >= 15 is 0 Å². The van der Waals surface area contributed by atoms with Gasteiger partial charge in [0.05, 0.1) is 5.69 Å². The Kier molecular flexibility index (Phi) is 4.17. The maximum atomic E-state index is 5.92. The molecule has 0 fully saturated rings. The van der Waals surface area contributed by atoms with Gasteiger partial charge in [-0.25, -0.2) is 0 Å². The quantitative estimate of drug-likeness (QED) is 0.868. The van der Waals surface area contributed by atoms with E-state index in [0.717, 1.165) is 11.3 Å². The summed E-state index contributed by atoms with van der Waals surface area (Å²) in [6.45, 7) is 0.465. The second-order valence-electron chi connectivity index (χ2n) is 4.54. The van der Waals surface area contributed by atoms with Crippen LogP contribution < -0.4 is 15.4 Å². The summed E-state index contributed by atoms with van der Waals surface area (Å²) in [5.74, 6) is 0.614. The molecule has 3 nitrogen and oxygen atoms in total. The van der Waals surface area contributed by atoms with Crippen LogP contribution in [0.3, 0.4) is 0 Å². The molecule has 0 aliphatic heterocycles. The summed E-state index contributed by atoms with van der Waals surface area (Å²) in [6.07, 6.45) is 0. The Morgan fingerprint density at radius 1 is 1.16 bits per heavy atom. The first-order chi connectivity index (χ1) is 9.06. The fraction of sp³-hybridized carbons (Fsp3) is 0.200. The zero-order valence-electron chi connectivity index (χ0n) is 11.1. The predicted molar refractivity (Wildman–Crippen MR) is 81.0 cm³/mol. The van der Waals surface area contributed by atoms with Gasteiger partial charge in [0.2, 0.25) is 0 Å². The van der Waals surface area contributed by atoms with Crippen LogP contribution in [-0.4, -0.2) is 14.1 Å². The Labute approximate surface area is 118 Å². The topological polar surface area (TPSA) is 38.5 Å². The zero-order valence-corrected chi connectivity index (χ0v) is 11.8. The number of anilines is 2. The van der Waals surface area contributed by atoms with Crippen molar-refractivity contribution >= 4 is 23.0 Å². The Balaban J connectivity index is 2.10. The zero-order chi connectivity index (χ0) is 13.8. The summed E-state index contributed by atoms with van der Waals surface area (Å²) in [5.41, 5.74) is 8.66. The number of ether oxygens (including phenoxy) is 1. The van der Waals surface area contributed by atoms with E-state index in [9.17, 15) is 0 Å². The van der Waals surface area contributed by atoms with Gasteiger partial charge in [0.15, 0.2) is 0 Å². The molecule has 0 radical (unpaired) electrons. The van der Waals surface area contributed by atoms with Crippen LogP contribution in [0.5, 0.6) is 5.75 Å². The Bertz CT molecular complexity index is 570. The van der Waals surface area contributed by atoms with E-state index in [4.69, 9.17) is 22.1 Å². The number of hydrogen-bond donors (Lipinski definition) is 1. The second kappa shape index (κ2) is 5.85. The molecule has 100 valence electrons. The van der Waals surface area contributed by atoms with Gasteiger partial charge < -0.3 is 15.4 Å². The van der Waals surface area contributed by atoms with Crippen LogP contribution in [0.25, 0.3) is 0 Å². The molecule has 0 saturated carbocycles. The highest BCUT2D eigenvalue weighted by Gasteiger charge is 2.03. The molecule has 2 N–H and O–H groups in total. The smallest absolute Gasteiger partial charge is 0.144 e. The lowest BCUT2D eigenvalue weighted by Gasteiger charge is -2.14. The second-order valence-corrected chi connectivity index (χ2v) is 4.97. The minimum absolute atomic E-state index is 0.465. The largest absolute Gasteiger partial charge is 0.487 e. The van der Waals surface area contributed by atoms with Gasteiger partial charge in [-0.1, -0.05) is 23.7 Å². The van der Waals surface area contributed by atoms with Crippen molar-refractivity contribution in [1.82, 2.24) is 0 Å². The van der Waals surface area contributed by atoms with Crippen LogP contribution in [-0.2, 0) is 6.61 Å². The van der Waals surface area contributed by atoms with Crippen molar-refractivity contribution in [3.05, 3.63) is 53.1 Å². The molecule has 0 unspecified atom stereocenters. The molecule has 0 aliphatic rings. The van der Waals surface area contributed by atoms with Crippen LogP contribution in [0, 0.1) is 0 Å². The molecule has 0 spiro atoms. The van der Waals surface area contributed by atoms with E-state index in [1.54, 1.807) is 18.2 Å². The van der Waals surface area contributed by atoms with Crippen LogP contribution in [0.15, 0.2) is 42.5 Å². The van der Waals surface area contributed by atoms with Crippen LogP contribution in [0.4, 0.5) is 11.4 Å². The third-order valence-corrected chi connectivity index (χ3v) is 3.03. The molecule has 0 bridgehead atoms. The summed E-state index contributed by atoms with van der Waals surface area (Å²) in [4.78, 5) is 2.05. The van der Waals surface area contributed by atoms with Gasteiger partial charge in [-0.2, -0.15) is 0 Å². The Hall–Kier alpha value is -1.87. The lowest BCUT2D eigenvalue weighted by Crippen LogP contribution is -2.09. The predicted octanol–water partition coefficient (Wildman–Crippen LogP) is 3.57. The van der Waals surface area contributed by atoms with Crippen molar-refractivity contribution in [2.75, 3.05) is 24.7 Å². The molecule has 2 rings (SSSR count). The van der Waals surface area contributed by atoms with Gasteiger partial charge in [0.1, 0.15) is 12.4 Å². The summed E-state index contributed by atoms with van der Waals surface area (Å²) in [7, 11) is 4.02. The first kappa shape index (κ1) is 13.6. The maximum absolute atomic E-state index is 5.92. The van der Waals surface area contributed by atoms with Crippen molar-refractivity contribution in [2.24, 2.45) is 0 Å². The molecule has 19 heavy (non-hydrogen) atoms. The Morgan fingerprint density at radius 3 is 2.68 bits per heavy atom. The van der Waals surface area contributed by atoms with E-state index < -0.39 is 0 Å². The molecule has 0 heterocycles. The van der Waals surface area contributed by atoms with Crippen molar-refractivity contribution < 1.29 is 4.74 Å². The number of benzene rings is 2. The molecule has 2 aromatic carbocycles. The monoisotopic (exact) mass is 276 g/mol. The van der Waals surface area contributed by atoms with Gasteiger partial charge in [0, 0.05) is 30.9 Å². The summed E-state index contributed by atoms with van der Waals surface area (Å²) >= 11 is 5.92. The molecule has 0 atom stereocenters. The SMILES string of the molecule is CN(C)c1cccc(COc2cc(Cl)ccc2N)c1. The number of nitrogens with two attached hydrogens (primary N) is 1. The van der Waals surface area contributed by atoms with Gasteiger partial charge in [-0.15, -0.1) is 0 Å². The lowest BCUT2D eigenvalue weighted by molar-refractivity contribution is 0.308. The number of hydrogen-bond acceptors (Lipinski definition) is 3. The van der Waals surface area contributed by atoms with Crippen LogP contribution in [0.1, 0.15) is 5.56 Å². The maximum Gasteiger partial charge on any atom is 0.144 e. The van der Waals surface area contributed by atoms with Crippen LogP contribution in [0.2, 0.25) is 5.02 Å². The van der Waals surface area contributed by atoms with Crippen molar-refractivity contribution in [1.29, 1.82) is 0 Å². The molecular formula is C15H17ClN2O. The molecule has 4 heteroatoms. The normalized spacial score (nSPS) is 10.3. The third-order valence-electron chi connectivity index (χ3n) is 2.80. The summed E-state index contributed by atoms with van der Waals surface area (Å²) in [5, 5.41) is 0.617. The first-order valence-corrected chi connectivity index (χ1v) is 6.38. The number of rotatable bonds is 4. The van der Waals surface area contributed by atoms with Crippen molar-refractivity contribution in [3.63, 3.8) is 0 Å². The molecular weight excluding hydrogens is 260 g/mol. The molecule has 2 aromatic rings. The van der Waals surface area contributed by atoms with E-state index in [-0.39, 0.29) is 0 Å². The van der Waals surface area contributed by atoms with Gasteiger partial charge in [0.25, 0.3) is 0 Å². The number of halogens is 1. The highest BCUT2D eigenvalue weighted by Crippen LogP contribution is 2.26. The Morgan fingerprint density at radius 2 is 1.95 bits per heavy atom. The lowest BCUT2D eigenvalue weighted by atomic mass is 10.2. The summed E-state index contributed by atoms with van der Waals surface area (Å²) < 4.78 is 5.71. The minimum atomic E-state index is 0.465. The van der Waals surface area contributed by atoms with E-state index in [0.29, 0.717) is 23.1 Å². The fourth-order valence-corrected chi connectivity index (χ4v) is 1.88. The molecule has 0 amide bonds. The van der Waals surface area contributed by atoms with Crippen LogP contribution >= 0.6 is 11.6 Å². The fourth-order valence-electron chi connectivity index (χ4n) is 1.72. The van der Waals surface area contributed by atoms with Crippen molar-refractivity contribution in [3.8, 4) is 5.75 Å². The standard InChI is InChI=1S/C15H17ClN2O/c1-18(2)13-5-3-4-11(8-13)10-19-15-9-12(16)6-7-14(15)17/h3-9H,10,17H2,1-2H3. The van der Waals surface area contributed by atoms with E-state index in [2.05, 4.69) is 17.0 Å². The number of nitrogen functional groups attached to an aromatic ring is 1. The highest BCUT2D eigenvalue weighted by molar-refractivity contribution is 6.30. The average Bonchev–Trinajstić information content (AvgIpc) is 2.40. The van der Waals surface area contributed by atoms with Crippen molar-refractivity contribution in [2.45, 2.75) is 6.61 Å². The number of nitrogens with zero attached hydrogens (tertiary/aromatic N) is 1.